The summed E-state index contributed by atoms with van der Waals surface area (Å²) in [5.74, 6) is -1.35. The van der Waals surface area contributed by atoms with Crippen molar-refractivity contribution in [1.29, 1.82) is 0 Å². The highest BCUT2D eigenvalue weighted by Crippen LogP contribution is 2.29. The van der Waals surface area contributed by atoms with Crippen LogP contribution in [-0.2, 0) is 9.59 Å². The van der Waals surface area contributed by atoms with E-state index in [4.69, 9.17) is 5.11 Å². The summed E-state index contributed by atoms with van der Waals surface area (Å²) >= 11 is 0. The lowest BCUT2D eigenvalue weighted by Crippen LogP contribution is -2.53. The zero-order chi connectivity index (χ0) is 14.3. The number of carbonyl (C=O) groups is 3. The van der Waals surface area contributed by atoms with Gasteiger partial charge < -0.3 is 20.2 Å². The van der Waals surface area contributed by atoms with Gasteiger partial charge >= 0.3 is 12.0 Å². The molecule has 3 saturated heterocycles. The third kappa shape index (κ3) is 2.10. The average Bonchev–Trinajstić information content (AvgIpc) is 3.05. The molecule has 3 aliphatic rings. The monoisotopic (exact) mass is 281 g/mol. The summed E-state index contributed by atoms with van der Waals surface area (Å²) in [6.45, 7) is 1.95. The largest absolute Gasteiger partial charge is 0.481 e. The maximum atomic E-state index is 12.5. The van der Waals surface area contributed by atoms with Crippen molar-refractivity contribution in [2.45, 2.75) is 25.3 Å². The minimum absolute atomic E-state index is 0.0392. The number of nitrogens with one attached hydrogen (secondary N) is 1. The van der Waals surface area contributed by atoms with E-state index in [-0.39, 0.29) is 30.4 Å². The highest BCUT2D eigenvalue weighted by Gasteiger charge is 2.44. The Kier molecular flexibility index (Phi) is 3.27. The lowest BCUT2D eigenvalue weighted by atomic mass is 9.92. The van der Waals surface area contributed by atoms with Crippen molar-refractivity contribution in [3.63, 3.8) is 0 Å². The number of aliphatic carboxylic acids is 1. The van der Waals surface area contributed by atoms with Crippen molar-refractivity contribution in [1.82, 2.24) is 15.1 Å². The first-order valence-electron chi connectivity index (χ1n) is 7.14. The van der Waals surface area contributed by atoms with E-state index in [2.05, 4.69) is 5.32 Å². The number of piperidine rings is 1. The minimum Gasteiger partial charge on any atom is -0.481 e. The van der Waals surface area contributed by atoms with E-state index in [1.165, 1.54) is 0 Å². The quantitative estimate of drug-likeness (QED) is 0.692. The van der Waals surface area contributed by atoms with Gasteiger partial charge in [-0.25, -0.2) is 4.79 Å². The second-order valence-corrected chi connectivity index (χ2v) is 5.81. The molecular weight excluding hydrogens is 262 g/mol. The molecule has 110 valence electrons. The van der Waals surface area contributed by atoms with Gasteiger partial charge in [-0.3, -0.25) is 9.59 Å². The van der Waals surface area contributed by atoms with Gasteiger partial charge in [-0.15, -0.1) is 0 Å². The van der Waals surface area contributed by atoms with Crippen LogP contribution in [0.4, 0.5) is 4.79 Å². The molecule has 3 atom stereocenters. The Hall–Kier alpha value is -1.79. The van der Waals surface area contributed by atoms with Gasteiger partial charge in [0.15, 0.2) is 0 Å². The maximum Gasteiger partial charge on any atom is 0.320 e. The summed E-state index contributed by atoms with van der Waals surface area (Å²) in [6.07, 6.45) is 2.18. The third-order valence-electron chi connectivity index (χ3n) is 4.65. The molecule has 2 N–H and O–H groups in total. The molecule has 0 spiro atoms. The van der Waals surface area contributed by atoms with E-state index in [0.29, 0.717) is 26.1 Å². The van der Waals surface area contributed by atoms with E-state index in [9.17, 15) is 14.4 Å². The Labute approximate surface area is 116 Å². The van der Waals surface area contributed by atoms with Crippen LogP contribution < -0.4 is 5.32 Å². The zero-order valence-corrected chi connectivity index (χ0v) is 11.2. The smallest absolute Gasteiger partial charge is 0.320 e. The molecule has 0 aromatic rings. The van der Waals surface area contributed by atoms with Crippen LogP contribution in [0, 0.1) is 11.8 Å². The molecule has 3 unspecified atom stereocenters. The number of carboxylic acids is 1. The van der Waals surface area contributed by atoms with Crippen LogP contribution in [0.3, 0.4) is 0 Å². The van der Waals surface area contributed by atoms with Crippen LogP contribution in [-0.4, -0.2) is 65.0 Å². The molecule has 0 radical (unpaired) electrons. The standard InChI is InChI=1S/C13H19N3O4/c17-11-9-2-1-4-16(10(9)6-14-11)13(20)15-5-3-8(7-15)12(18)19/h8-10H,1-7H2,(H,14,17)(H,18,19). The minimum atomic E-state index is -0.838. The fraction of sp³-hybridized carbons (Fsp3) is 0.769. The third-order valence-corrected chi connectivity index (χ3v) is 4.65. The molecular formula is C13H19N3O4. The van der Waals surface area contributed by atoms with Gasteiger partial charge in [0, 0.05) is 26.2 Å². The number of carbonyl (C=O) groups excluding carboxylic acids is 2. The first-order valence-corrected chi connectivity index (χ1v) is 7.14. The zero-order valence-electron chi connectivity index (χ0n) is 11.2. The van der Waals surface area contributed by atoms with E-state index in [1.807, 2.05) is 0 Å². The van der Waals surface area contributed by atoms with Crippen LogP contribution in [0.15, 0.2) is 0 Å². The molecule has 0 bridgehead atoms. The first kappa shape index (κ1) is 13.2. The van der Waals surface area contributed by atoms with Crippen LogP contribution in [0.1, 0.15) is 19.3 Å². The highest BCUT2D eigenvalue weighted by atomic mass is 16.4. The summed E-state index contributed by atoms with van der Waals surface area (Å²) in [7, 11) is 0. The van der Waals surface area contributed by atoms with Gasteiger partial charge in [0.2, 0.25) is 5.91 Å². The van der Waals surface area contributed by atoms with Gasteiger partial charge in [-0.05, 0) is 19.3 Å². The molecule has 3 heterocycles. The molecule has 3 amide bonds. The molecule has 3 fully saturated rings. The van der Waals surface area contributed by atoms with Crippen molar-refractivity contribution in [3.8, 4) is 0 Å². The predicted octanol–water partition coefficient (Wildman–Crippen LogP) is -0.277. The van der Waals surface area contributed by atoms with Crippen LogP contribution >= 0.6 is 0 Å². The normalized spacial score (nSPS) is 33.0. The number of likely N-dealkylation sites (tertiary alicyclic amines) is 2. The van der Waals surface area contributed by atoms with Crippen LogP contribution in [0.25, 0.3) is 0 Å². The molecule has 7 heteroatoms. The lowest BCUT2D eigenvalue weighted by molar-refractivity contribution is -0.141. The fourth-order valence-corrected chi connectivity index (χ4v) is 3.51. The topological polar surface area (TPSA) is 90.0 Å². The molecule has 0 aromatic heterocycles. The second kappa shape index (κ2) is 4.96. The molecule has 0 aliphatic carbocycles. The van der Waals surface area contributed by atoms with Crippen LogP contribution in [0.2, 0.25) is 0 Å². The number of hydrogen-bond acceptors (Lipinski definition) is 3. The number of hydrogen-bond donors (Lipinski definition) is 2. The summed E-state index contributed by atoms with van der Waals surface area (Å²) in [4.78, 5) is 38.6. The summed E-state index contributed by atoms with van der Waals surface area (Å²) in [6, 6.07) is -0.174. The molecule has 7 nitrogen and oxygen atoms in total. The maximum absolute atomic E-state index is 12.5. The van der Waals surface area contributed by atoms with Crippen molar-refractivity contribution in [2.24, 2.45) is 11.8 Å². The van der Waals surface area contributed by atoms with Crippen molar-refractivity contribution in [3.05, 3.63) is 0 Å². The number of rotatable bonds is 1. The Balaban J connectivity index is 1.68. The van der Waals surface area contributed by atoms with E-state index >= 15 is 0 Å². The number of fused-ring (bicyclic) bond motifs is 1. The summed E-state index contributed by atoms with van der Waals surface area (Å²) in [5, 5.41) is 11.8. The van der Waals surface area contributed by atoms with Gasteiger partial charge in [0.25, 0.3) is 0 Å². The van der Waals surface area contributed by atoms with Gasteiger partial charge in [0.05, 0.1) is 17.9 Å². The second-order valence-electron chi connectivity index (χ2n) is 5.81. The van der Waals surface area contributed by atoms with Crippen molar-refractivity contribution >= 4 is 17.9 Å². The van der Waals surface area contributed by atoms with Gasteiger partial charge in [-0.1, -0.05) is 0 Å². The van der Waals surface area contributed by atoms with E-state index < -0.39 is 11.9 Å². The number of carboxylic acid groups (broad SMARTS) is 1. The van der Waals surface area contributed by atoms with Crippen LogP contribution in [0.5, 0.6) is 0 Å². The average molecular weight is 281 g/mol. The van der Waals surface area contributed by atoms with Crippen molar-refractivity contribution in [2.75, 3.05) is 26.2 Å². The SMILES string of the molecule is O=C(O)C1CCN(C(=O)N2CCCC3C(=O)NCC32)C1. The highest BCUT2D eigenvalue weighted by molar-refractivity contribution is 5.84. The molecule has 0 saturated carbocycles. The Morgan fingerprint density at radius 2 is 2.05 bits per heavy atom. The summed E-state index contributed by atoms with van der Waals surface area (Å²) in [5.41, 5.74) is 0. The van der Waals surface area contributed by atoms with Crippen molar-refractivity contribution < 1.29 is 19.5 Å². The van der Waals surface area contributed by atoms with E-state index in [1.54, 1.807) is 9.80 Å². The number of amides is 3. The predicted molar refractivity (Wildman–Crippen MR) is 68.9 cm³/mol. The number of urea groups is 1. The Bertz CT molecular complexity index is 453. The van der Waals surface area contributed by atoms with Gasteiger partial charge in [-0.2, -0.15) is 0 Å². The fourth-order valence-electron chi connectivity index (χ4n) is 3.51. The molecule has 3 rings (SSSR count). The Morgan fingerprint density at radius 3 is 2.75 bits per heavy atom. The van der Waals surface area contributed by atoms with E-state index in [0.717, 1.165) is 12.8 Å². The molecule has 0 aromatic carbocycles. The summed E-state index contributed by atoms with van der Waals surface area (Å²) < 4.78 is 0. The molecule has 20 heavy (non-hydrogen) atoms. The number of nitrogens with zero attached hydrogens (tertiary/aromatic N) is 2. The van der Waals surface area contributed by atoms with Gasteiger partial charge in [0.1, 0.15) is 0 Å². The Morgan fingerprint density at radius 1 is 1.25 bits per heavy atom. The first-order chi connectivity index (χ1) is 9.58. The molecule has 3 aliphatic heterocycles. The lowest BCUT2D eigenvalue weighted by Gasteiger charge is -2.38.